The molecule has 0 saturated heterocycles. The molecule has 0 aliphatic heterocycles. The molecule has 1 aliphatic rings. The van der Waals surface area contributed by atoms with E-state index >= 15 is 0 Å². The minimum absolute atomic E-state index is 0.0995. The molecular weight excluding hydrogens is 154 g/mol. The summed E-state index contributed by atoms with van der Waals surface area (Å²) in [5, 5.41) is 0. The van der Waals surface area contributed by atoms with Crippen molar-refractivity contribution in [2.45, 2.75) is 25.2 Å². The fourth-order valence-corrected chi connectivity index (χ4v) is 1.66. The molecule has 1 saturated carbocycles. The van der Waals surface area contributed by atoms with Gasteiger partial charge in [-0.3, -0.25) is 0 Å². The number of aryl methyl sites for hydroxylation is 1. The number of hydrogen-bond donors (Lipinski definition) is 1. The molecule has 2 rings (SSSR count). The van der Waals surface area contributed by atoms with Crippen LogP contribution in [0.15, 0.2) is 16.7 Å². The predicted molar refractivity (Wildman–Crippen MR) is 44.5 cm³/mol. The zero-order valence-electron chi connectivity index (χ0n) is 7.17. The van der Waals surface area contributed by atoms with E-state index in [0.717, 1.165) is 18.6 Å². The molecule has 66 valence electrons. The number of hydrogen-bond acceptors (Lipinski definition) is 3. The maximum atomic E-state index is 5.41. The Hall–Kier alpha value is -0.800. The Kier molecular flexibility index (Phi) is 1.70. The Bertz CT molecular complexity index is 276. The van der Waals surface area contributed by atoms with Gasteiger partial charge in [0.15, 0.2) is 0 Å². The summed E-state index contributed by atoms with van der Waals surface area (Å²) in [6.07, 6.45) is 3.97. The lowest BCUT2D eigenvalue weighted by molar-refractivity contribution is 0.109. The van der Waals surface area contributed by atoms with E-state index in [1.54, 1.807) is 6.26 Å². The predicted octanol–water partition coefficient (Wildman–Crippen LogP) is 1.51. The Morgan fingerprint density at radius 1 is 1.67 bits per heavy atom. The van der Waals surface area contributed by atoms with Crippen LogP contribution in [0.1, 0.15) is 24.2 Å². The first-order chi connectivity index (χ1) is 5.78. The molecule has 0 bridgehead atoms. The average molecular weight is 167 g/mol. The van der Waals surface area contributed by atoms with Crippen LogP contribution in [0.2, 0.25) is 0 Å². The standard InChI is InChI=1S/C9H13NO2/c1-7-2-5-11-8(7)9(3-4-9)6-12-10/h2,5H,3-4,6,10H2,1H3. The van der Waals surface area contributed by atoms with Gasteiger partial charge in [0.1, 0.15) is 5.76 Å². The van der Waals surface area contributed by atoms with Crippen molar-refractivity contribution in [1.29, 1.82) is 0 Å². The molecule has 0 aromatic carbocycles. The second-order valence-corrected chi connectivity index (χ2v) is 3.52. The van der Waals surface area contributed by atoms with Crippen molar-refractivity contribution < 1.29 is 9.25 Å². The minimum atomic E-state index is 0.0995. The Morgan fingerprint density at radius 2 is 2.42 bits per heavy atom. The highest BCUT2D eigenvalue weighted by atomic mass is 16.6. The molecule has 1 fully saturated rings. The summed E-state index contributed by atoms with van der Waals surface area (Å²) in [4.78, 5) is 4.69. The molecular formula is C9H13NO2. The molecule has 1 heterocycles. The van der Waals surface area contributed by atoms with Crippen molar-refractivity contribution in [3.63, 3.8) is 0 Å². The molecule has 1 aromatic heterocycles. The highest BCUT2D eigenvalue weighted by Gasteiger charge is 2.48. The first kappa shape index (κ1) is 7.83. The fourth-order valence-electron chi connectivity index (χ4n) is 1.66. The largest absolute Gasteiger partial charge is 0.468 e. The van der Waals surface area contributed by atoms with Gasteiger partial charge in [-0.25, -0.2) is 5.90 Å². The van der Waals surface area contributed by atoms with Crippen molar-refractivity contribution >= 4 is 0 Å². The smallest absolute Gasteiger partial charge is 0.115 e. The molecule has 0 amide bonds. The summed E-state index contributed by atoms with van der Waals surface area (Å²) < 4.78 is 5.41. The van der Waals surface area contributed by atoms with Crippen LogP contribution in [0.5, 0.6) is 0 Å². The normalized spacial score (nSPS) is 19.5. The molecule has 0 radical (unpaired) electrons. The molecule has 1 aromatic rings. The summed E-state index contributed by atoms with van der Waals surface area (Å²) >= 11 is 0. The number of rotatable bonds is 3. The van der Waals surface area contributed by atoms with E-state index < -0.39 is 0 Å². The van der Waals surface area contributed by atoms with E-state index in [9.17, 15) is 0 Å². The fraction of sp³-hybridized carbons (Fsp3) is 0.556. The molecule has 1 aliphatic carbocycles. The van der Waals surface area contributed by atoms with Gasteiger partial charge in [-0.15, -0.1) is 0 Å². The van der Waals surface area contributed by atoms with Crippen LogP contribution in [0, 0.1) is 6.92 Å². The van der Waals surface area contributed by atoms with E-state index in [-0.39, 0.29) is 5.41 Å². The Labute approximate surface area is 71.5 Å². The van der Waals surface area contributed by atoms with Gasteiger partial charge < -0.3 is 9.25 Å². The molecule has 0 atom stereocenters. The third kappa shape index (κ3) is 1.06. The van der Waals surface area contributed by atoms with Crippen molar-refractivity contribution in [3.05, 3.63) is 23.7 Å². The van der Waals surface area contributed by atoms with Crippen molar-refractivity contribution in [2.75, 3.05) is 6.61 Å². The summed E-state index contributed by atoms with van der Waals surface area (Å²) in [7, 11) is 0. The van der Waals surface area contributed by atoms with Gasteiger partial charge in [0.05, 0.1) is 18.3 Å². The molecule has 2 N–H and O–H groups in total. The third-order valence-corrected chi connectivity index (χ3v) is 2.56. The van der Waals surface area contributed by atoms with Gasteiger partial charge in [0.25, 0.3) is 0 Å². The van der Waals surface area contributed by atoms with Crippen LogP contribution in [-0.2, 0) is 10.3 Å². The molecule has 3 nitrogen and oxygen atoms in total. The van der Waals surface area contributed by atoms with E-state index in [1.165, 1.54) is 5.56 Å². The highest BCUT2D eigenvalue weighted by molar-refractivity contribution is 5.29. The lowest BCUT2D eigenvalue weighted by Gasteiger charge is -2.10. The summed E-state index contributed by atoms with van der Waals surface area (Å²) in [6, 6.07) is 1.98. The highest BCUT2D eigenvalue weighted by Crippen LogP contribution is 2.49. The van der Waals surface area contributed by atoms with Crippen LogP contribution in [0.4, 0.5) is 0 Å². The van der Waals surface area contributed by atoms with Crippen molar-refractivity contribution in [3.8, 4) is 0 Å². The SMILES string of the molecule is Cc1ccoc1C1(CON)CC1. The molecule has 3 heteroatoms. The van der Waals surface area contributed by atoms with E-state index in [0.29, 0.717) is 6.61 Å². The molecule has 0 spiro atoms. The minimum Gasteiger partial charge on any atom is -0.468 e. The first-order valence-electron chi connectivity index (χ1n) is 4.15. The van der Waals surface area contributed by atoms with Gasteiger partial charge in [-0.2, -0.15) is 0 Å². The zero-order valence-corrected chi connectivity index (χ0v) is 7.17. The third-order valence-electron chi connectivity index (χ3n) is 2.56. The molecule has 0 unspecified atom stereocenters. The van der Waals surface area contributed by atoms with Crippen molar-refractivity contribution in [2.24, 2.45) is 5.90 Å². The van der Waals surface area contributed by atoms with Crippen LogP contribution < -0.4 is 5.90 Å². The van der Waals surface area contributed by atoms with E-state index in [2.05, 4.69) is 11.8 Å². The Balaban J connectivity index is 2.24. The molecule has 12 heavy (non-hydrogen) atoms. The van der Waals surface area contributed by atoms with E-state index in [1.807, 2.05) is 6.07 Å². The van der Waals surface area contributed by atoms with Crippen LogP contribution >= 0.6 is 0 Å². The second kappa shape index (κ2) is 2.61. The van der Waals surface area contributed by atoms with Crippen LogP contribution in [0.25, 0.3) is 0 Å². The van der Waals surface area contributed by atoms with Gasteiger partial charge in [0.2, 0.25) is 0 Å². The number of furan rings is 1. The van der Waals surface area contributed by atoms with Gasteiger partial charge in [-0.05, 0) is 31.4 Å². The van der Waals surface area contributed by atoms with Crippen LogP contribution in [0.3, 0.4) is 0 Å². The van der Waals surface area contributed by atoms with Gasteiger partial charge in [0, 0.05) is 0 Å². The Morgan fingerprint density at radius 3 is 2.83 bits per heavy atom. The zero-order chi connectivity index (χ0) is 8.60. The van der Waals surface area contributed by atoms with Crippen molar-refractivity contribution in [1.82, 2.24) is 0 Å². The van der Waals surface area contributed by atoms with Gasteiger partial charge in [-0.1, -0.05) is 0 Å². The summed E-state index contributed by atoms with van der Waals surface area (Å²) in [5.41, 5.74) is 1.30. The summed E-state index contributed by atoms with van der Waals surface area (Å²) in [6.45, 7) is 2.62. The summed E-state index contributed by atoms with van der Waals surface area (Å²) in [5.74, 6) is 6.12. The van der Waals surface area contributed by atoms with Crippen LogP contribution in [-0.4, -0.2) is 6.61 Å². The maximum absolute atomic E-state index is 5.41. The lowest BCUT2D eigenvalue weighted by Crippen LogP contribution is -2.18. The van der Waals surface area contributed by atoms with Gasteiger partial charge >= 0.3 is 0 Å². The quantitative estimate of drug-likeness (QED) is 0.694. The maximum Gasteiger partial charge on any atom is 0.115 e. The second-order valence-electron chi connectivity index (χ2n) is 3.52. The lowest BCUT2D eigenvalue weighted by atomic mass is 10.0. The first-order valence-corrected chi connectivity index (χ1v) is 4.15. The van der Waals surface area contributed by atoms with E-state index in [4.69, 9.17) is 10.3 Å². The topological polar surface area (TPSA) is 48.4 Å². The monoisotopic (exact) mass is 167 g/mol. The average Bonchev–Trinajstić information content (AvgIpc) is 2.68. The number of nitrogens with two attached hydrogens (primary N) is 1.